The van der Waals surface area contributed by atoms with Crippen LogP contribution in [-0.4, -0.2) is 12.6 Å². The number of hydrogen-bond donors (Lipinski definition) is 0. The topological polar surface area (TPSA) is 34.1 Å². The molecule has 2 aromatic heterocycles. The summed E-state index contributed by atoms with van der Waals surface area (Å²) in [5.74, 6) is 0. The van der Waals surface area contributed by atoms with Crippen LogP contribution in [-0.2, 0) is 5.41 Å². The lowest BCUT2D eigenvalue weighted by Gasteiger charge is -2.22. The maximum atomic E-state index is 11.1. The first-order valence-electron chi connectivity index (χ1n) is 9.41. The molecule has 1 aliphatic carbocycles. The van der Waals surface area contributed by atoms with Gasteiger partial charge in [0.2, 0.25) is 0 Å². The van der Waals surface area contributed by atoms with Crippen LogP contribution in [0.3, 0.4) is 0 Å². The quantitative estimate of drug-likeness (QED) is 0.335. The molecule has 4 aromatic rings. The van der Waals surface area contributed by atoms with Crippen molar-refractivity contribution >= 4 is 35.2 Å². The van der Waals surface area contributed by atoms with Crippen LogP contribution in [0, 0.1) is 0 Å². The van der Waals surface area contributed by atoms with Gasteiger partial charge in [-0.2, -0.15) is 0 Å². The smallest absolute Gasteiger partial charge is 0.160 e. The van der Waals surface area contributed by atoms with Crippen LogP contribution in [0.1, 0.15) is 44.3 Å². The molecular weight excluding hydrogens is 396 g/mol. The van der Waals surface area contributed by atoms with E-state index in [1.807, 2.05) is 24.3 Å². The maximum absolute atomic E-state index is 11.1. The van der Waals surface area contributed by atoms with Crippen molar-refractivity contribution in [2.24, 2.45) is 0 Å². The lowest BCUT2D eigenvalue weighted by Crippen LogP contribution is -2.15. The maximum Gasteiger partial charge on any atom is 0.160 e. The summed E-state index contributed by atoms with van der Waals surface area (Å²) < 4.78 is 0. The van der Waals surface area contributed by atoms with Crippen molar-refractivity contribution in [3.05, 3.63) is 81.5 Å². The predicted molar refractivity (Wildman–Crippen MR) is 121 cm³/mol. The fraction of sp³-hybridized carbons (Fsp3) is 0.120. The zero-order valence-corrected chi connectivity index (χ0v) is 17.7. The molecular formula is C25H18O2S2. The van der Waals surface area contributed by atoms with Gasteiger partial charge in [0.15, 0.2) is 12.6 Å². The fourth-order valence-corrected chi connectivity index (χ4v) is 5.82. The van der Waals surface area contributed by atoms with E-state index in [-0.39, 0.29) is 5.41 Å². The van der Waals surface area contributed by atoms with Crippen molar-refractivity contribution < 1.29 is 9.59 Å². The van der Waals surface area contributed by atoms with Crippen molar-refractivity contribution in [2.75, 3.05) is 0 Å². The molecule has 5 rings (SSSR count). The highest BCUT2D eigenvalue weighted by atomic mass is 32.1. The summed E-state index contributed by atoms with van der Waals surface area (Å²) in [6, 6.07) is 21.0. The van der Waals surface area contributed by atoms with E-state index in [0.29, 0.717) is 0 Å². The monoisotopic (exact) mass is 414 g/mol. The van der Waals surface area contributed by atoms with Crippen LogP contribution in [0.15, 0.2) is 60.7 Å². The predicted octanol–water partition coefficient (Wildman–Crippen LogP) is 7.07. The van der Waals surface area contributed by atoms with E-state index in [1.165, 1.54) is 44.9 Å². The SMILES string of the molecule is CC1(C)c2cc(-c3ccc(C=O)s3)ccc2-c2ccc(-c3ccc(C=O)s3)cc21. The van der Waals surface area contributed by atoms with E-state index in [1.54, 1.807) is 0 Å². The third-order valence-corrected chi connectivity index (χ3v) is 7.85. The molecule has 1 aliphatic rings. The highest BCUT2D eigenvalue weighted by Gasteiger charge is 2.36. The number of carbonyl (C=O) groups excluding carboxylic acids is 2. The Morgan fingerprint density at radius 1 is 0.655 bits per heavy atom. The number of fused-ring (bicyclic) bond motifs is 3. The molecule has 0 saturated carbocycles. The Hall–Kier alpha value is -2.82. The highest BCUT2D eigenvalue weighted by molar-refractivity contribution is 7.17. The summed E-state index contributed by atoms with van der Waals surface area (Å²) >= 11 is 3.05. The van der Waals surface area contributed by atoms with Crippen molar-refractivity contribution in [3.8, 4) is 32.0 Å². The molecule has 0 aliphatic heterocycles. The van der Waals surface area contributed by atoms with Gasteiger partial charge >= 0.3 is 0 Å². The molecule has 0 bridgehead atoms. The van der Waals surface area contributed by atoms with Gasteiger partial charge in [-0.05, 0) is 69.8 Å². The van der Waals surface area contributed by atoms with Gasteiger partial charge in [0.25, 0.3) is 0 Å². The molecule has 2 nitrogen and oxygen atoms in total. The van der Waals surface area contributed by atoms with Crippen LogP contribution >= 0.6 is 22.7 Å². The van der Waals surface area contributed by atoms with Gasteiger partial charge in [-0.1, -0.05) is 38.1 Å². The van der Waals surface area contributed by atoms with Crippen LogP contribution in [0.5, 0.6) is 0 Å². The van der Waals surface area contributed by atoms with E-state index >= 15 is 0 Å². The number of benzene rings is 2. The van der Waals surface area contributed by atoms with Crippen molar-refractivity contribution in [2.45, 2.75) is 19.3 Å². The Morgan fingerprint density at radius 3 is 1.48 bits per heavy atom. The number of hydrogen-bond acceptors (Lipinski definition) is 4. The summed E-state index contributed by atoms with van der Waals surface area (Å²) in [6.07, 6.45) is 1.81. The molecule has 0 unspecified atom stereocenters. The van der Waals surface area contributed by atoms with Crippen molar-refractivity contribution in [1.29, 1.82) is 0 Å². The van der Waals surface area contributed by atoms with Crippen LogP contribution < -0.4 is 0 Å². The molecule has 0 spiro atoms. The third kappa shape index (κ3) is 2.83. The minimum atomic E-state index is -0.119. The van der Waals surface area contributed by atoms with Gasteiger partial charge in [-0.15, -0.1) is 22.7 Å². The number of thiophene rings is 2. The molecule has 2 heterocycles. The van der Waals surface area contributed by atoms with E-state index in [0.717, 1.165) is 43.2 Å². The zero-order valence-electron chi connectivity index (χ0n) is 16.1. The first-order chi connectivity index (χ1) is 14.0. The zero-order chi connectivity index (χ0) is 20.2. The molecule has 0 N–H and O–H groups in total. The van der Waals surface area contributed by atoms with Gasteiger partial charge in [-0.25, -0.2) is 0 Å². The second-order valence-corrected chi connectivity index (χ2v) is 10.0. The first-order valence-corrected chi connectivity index (χ1v) is 11.0. The lowest BCUT2D eigenvalue weighted by atomic mass is 9.81. The Labute approximate surface area is 177 Å². The number of aldehydes is 2. The first kappa shape index (κ1) is 18.2. The second-order valence-electron chi connectivity index (χ2n) is 7.79. The Balaban J connectivity index is 1.61. The summed E-state index contributed by atoms with van der Waals surface area (Å²) in [5, 5.41) is 0. The van der Waals surface area contributed by atoms with E-state index in [9.17, 15) is 9.59 Å². The average Bonchev–Trinajstić information content (AvgIpc) is 3.46. The van der Waals surface area contributed by atoms with Crippen LogP contribution in [0.2, 0.25) is 0 Å². The van der Waals surface area contributed by atoms with Crippen LogP contribution in [0.4, 0.5) is 0 Å². The Bertz CT molecular complexity index is 1180. The minimum absolute atomic E-state index is 0.119. The molecule has 29 heavy (non-hydrogen) atoms. The second kappa shape index (κ2) is 6.61. The fourth-order valence-electron chi connectivity index (χ4n) is 4.19. The molecule has 0 radical (unpaired) electrons. The minimum Gasteiger partial charge on any atom is -0.297 e. The standard InChI is InChI=1S/C25H18O2S2/c1-25(2)21-11-15(23-9-5-17(13-26)28-23)3-7-19(21)20-8-4-16(12-22(20)25)24-10-6-18(14-27)29-24/h3-14H,1-2H3. The molecule has 142 valence electrons. The summed E-state index contributed by atoms with van der Waals surface area (Å²) in [7, 11) is 0. The number of carbonyl (C=O) groups is 2. The third-order valence-electron chi connectivity index (χ3n) is 5.73. The molecule has 0 atom stereocenters. The van der Waals surface area contributed by atoms with Crippen LogP contribution in [0.25, 0.3) is 32.0 Å². The van der Waals surface area contributed by atoms with Gasteiger partial charge in [0, 0.05) is 15.2 Å². The normalized spacial score (nSPS) is 13.7. The summed E-state index contributed by atoms with van der Waals surface area (Å²) in [6.45, 7) is 4.53. The Kier molecular flexibility index (Phi) is 4.16. The molecule has 2 aromatic carbocycles. The average molecular weight is 415 g/mol. The largest absolute Gasteiger partial charge is 0.297 e. The van der Waals surface area contributed by atoms with Gasteiger partial charge in [0.05, 0.1) is 9.75 Å². The lowest BCUT2D eigenvalue weighted by molar-refractivity contribution is 0.111. The van der Waals surface area contributed by atoms with E-state index in [2.05, 4.69) is 50.2 Å². The van der Waals surface area contributed by atoms with Crippen molar-refractivity contribution in [3.63, 3.8) is 0 Å². The van der Waals surface area contributed by atoms with E-state index < -0.39 is 0 Å². The van der Waals surface area contributed by atoms with E-state index in [4.69, 9.17) is 0 Å². The summed E-state index contributed by atoms with van der Waals surface area (Å²) in [4.78, 5) is 25.8. The van der Waals surface area contributed by atoms with Gasteiger partial charge < -0.3 is 0 Å². The molecule has 0 amide bonds. The number of rotatable bonds is 4. The van der Waals surface area contributed by atoms with Crippen molar-refractivity contribution in [1.82, 2.24) is 0 Å². The van der Waals surface area contributed by atoms with Gasteiger partial charge in [-0.3, -0.25) is 9.59 Å². The summed E-state index contributed by atoms with van der Waals surface area (Å²) in [5.41, 5.74) is 7.34. The Morgan fingerprint density at radius 2 is 1.10 bits per heavy atom. The highest BCUT2D eigenvalue weighted by Crippen LogP contribution is 2.51. The molecule has 4 heteroatoms. The van der Waals surface area contributed by atoms with Gasteiger partial charge in [0.1, 0.15) is 0 Å². The molecule has 0 saturated heterocycles. The molecule has 0 fully saturated rings.